The van der Waals surface area contributed by atoms with E-state index in [0.29, 0.717) is 12.3 Å². The molecule has 0 bridgehead atoms. The maximum Gasteiger partial charge on any atom is 0.573 e. The third-order valence-corrected chi connectivity index (χ3v) is 2.16. The fourth-order valence-electron chi connectivity index (χ4n) is 1.22. The predicted octanol–water partition coefficient (Wildman–Crippen LogP) is 3.54. The minimum atomic E-state index is -4.75. The third kappa shape index (κ3) is 5.77. The molecule has 0 aliphatic carbocycles. The van der Waals surface area contributed by atoms with Gasteiger partial charge in [0, 0.05) is 24.1 Å². The highest BCUT2D eigenvalue weighted by molar-refractivity contribution is 6.18. The maximum absolute atomic E-state index is 12.0. The molecule has 0 saturated heterocycles. The average Bonchev–Trinajstić information content (AvgIpc) is 2.24. The predicted molar refractivity (Wildman–Crippen MR) is 61.7 cm³/mol. The molecular weight excluding hydrogens is 271 g/mol. The molecule has 1 rings (SSSR count). The van der Waals surface area contributed by atoms with Crippen molar-refractivity contribution in [1.82, 2.24) is 0 Å². The molecule has 0 aliphatic heterocycles. The Labute approximate surface area is 107 Å². The fourth-order valence-corrected chi connectivity index (χ4v) is 1.36. The van der Waals surface area contributed by atoms with Crippen molar-refractivity contribution < 1.29 is 22.7 Å². The smallest absolute Gasteiger partial charge is 0.406 e. The number of rotatable bonds is 5. The number of hydrogen-bond acceptors (Lipinski definition) is 2. The molecule has 1 aromatic carbocycles. The van der Waals surface area contributed by atoms with Gasteiger partial charge in [0.1, 0.15) is 5.75 Å². The van der Waals surface area contributed by atoms with Gasteiger partial charge in [-0.1, -0.05) is 6.07 Å². The van der Waals surface area contributed by atoms with Crippen LogP contribution in [0, 0.1) is 0 Å². The standard InChI is InChI=1S/C11H11ClF3NO2/c12-6-2-5-10(17)16-8-3-1-4-9(7-8)18-11(13,14)15/h1,3-4,7H,2,5-6H2,(H,16,17). The molecule has 0 unspecified atom stereocenters. The van der Waals surface area contributed by atoms with Crippen LogP contribution >= 0.6 is 11.6 Å². The Morgan fingerprint density at radius 2 is 2.11 bits per heavy atom. The Hall–Kier alpha value is -1.43. The van der Waals surface area contributed by atoms with Gasteiger partial charge in [0.25, 0.3) is 0 Å². The molecule has 0 aliphatic rings. The molecule has 0 atom stereocenters. The minimum Gasteiger partial charge on any atom is -0.406 e. The SMILES string of the molecule is O=C(CCCCl)Nc1cccc(OC(F)(F)F)c1. The Balaban J connectivity index is 2.62. The lowest BCUT2D eigenvalue weighted by Gasteiger charge is -2.10. The van der Waals surface area contributed by atoms with E-state index in [9.17, 15) is 18.0 Å². The van der Waals surface area contributed by atoms with Crippen LogP contribution < -0.4 is 10.1 Å². The molecule has 0 aromatic heterocycles. The van der Waals surface area contributed by atoms with Crippen LogP contribution in [0.15, 0.2) is 24.3 Å². The summed E-state index contributed by atoms with van der Waals surface area (Å²) in [5.74, 6) is -0.331. The lowest BCUT2D eigenvalue weighted by molar-refractivity contribution is -0.274. The molecule has 3 nitrogen and oxygen atoms in total. The van der Waals surface area contributed by atoms with Crippen molar-refractivity contribution in [2.75, 3.05) is 11.2 Å². The van der Waals surface area contributed by atoms with E-state index in [1.54, 1.807) is 0 Å². The third-order valence-electron chi connectivity index (χ3n) is 1.89. The van der Waals surface area contributed by atoms with Crippen molar-refractivity contribution in [3.05, 3.63) is 24.3 Å². The molecule has 18 heavy (non-hydrogen) atoms. The largest absolute Gasteiger partial charge is 0.573 e. The van der Waals surface area contributed by atoms with Gasteiger partial charge in [0.15, 0.2) is 0 Å². The van der Waals surface area contributed by atoms with Gasteiger partial charge in [-0.05, 0) is 18.6 Å². The lowest BCUT2D eigenvalue weighted by atomic mass is 10.2. The van der Waals surface area contributed by atoms with Crippen molar-refractivity contribution >= 4 is 23.2 Å². The number of halogens is 4. The molecule has 1 amide bonds. The van der Waals surface area contributed by atoms with E-state index in [-0.39, 0.29) is 23.8 Å². The summed E-state index contributed by atoms with van der Waals surface area (Å²) in [6.45, 7) is 0. The van der Waals surface area contributed by atoms with E-state index < -0.39 is 6.36 Å². The molecule has 1 aromatic rings. The van der Waals surface area contributed by atoms with Crippen LogP contribution in [0.2, 0.25) is 0 Å². The molecule has 1 N–H and O–H groups in total. The molecule has 0 saturated carbocycles. The van der Waals surface area contributed by atoms with Gasteiger partial charge in [0.2, 0.25) is 5.91 Å². The summed E-state index contributed by atoms with van der Waals surface area (Å²) in [5, 5.41) is 2.46. The van der Waals surface area contributed by atoms with Gasteiger partial charge >= 0.3 is 6.36 Å². The van der Waals surface area contributed by atoms with Crippen LogP contribution in [-0.4, -0.2) is 18.1 Å². The first kappa shape index (κ1) is 14.6. The van der Waals surface area contributed by atoms with Crippen LogP contribution in [0.1, 0.15) is 12.8 Å². The number of benzene rings is 1. The second-order valence-electron chi connectivity index (χ2n) is 3.42. The highest BCUT2D eigenvalue weighted by atomic mass is 35.5. The van der Waals surface area contributed by atoms with Crippen LogP contribution in [0.4, 0.5) is 18.9 Å². The highest BCUT2D eigenvalue weighted by Gasteiger charge is 2.31. The zero-order valence-electron chi connectivity index (χ0n) is 9.26. The first-order valence-electron chi connectivity index (χ1n) is 5.12. The highest BCUT2D eigenvalue weighted by Crippen LogP contribution is 2.25. The second-order valence-corrected chi connectivity index (χ2v) is 3.79. The lowest BCUT2D eigenvalue weighted by Crippen LogP contribution is -2.17. The molecular formula is C11H11ClF3NO2. The van der Waals surface area contributed by atoms with Crippen molar-refractivity contribution in [2.24, 2.45) is 0 Å². The quantitative estimate of drug-likeness (QED) is 0.838. The number of anilines is 1. The van der Waals surface area contributed by atoms with E-state index >= 15 is 0 Å². The van der Waals surface area contributed by atoms with E-state index in [1.165, 1.54) is 12.1 Å². The first-order chi connectivity index (χ1) is 8.40. The van der Waals surface area contributed by atoms with Crippen molar-refractivity contribution in [3.63, 3.8) is 0 Å². The summed E-state index contributed by atoms with van der Waals surface area (Å²) in [7, 11) is 0. The molecule has 0 spiro atoms. The summed E-state index contributed by atoms with van der Waals surface area (Å²) >= 11 is 5.42. The zero-order chi connectivity index (χ0) is 13.6. The summed E-state index contributed by atoms with van der Waals surface area (Å²) in [4.78, 5) is 11.3. The van der Waals surface area contributed by atoms with Crippen LogP contribution in [-0.2, 0) is 4.79 Å². The molecule has 0 heterocycles. The Morgan fingerprint density at radius 1 is 1.39 bits per heavy atom. The summed E-state index contributed by atoms with van der Waals surface area (Å²) in [6.07, 6.45) is -4.03. The van der Waals surface area contributed by atoms with Crippen molar-refractivity contribution in [1.29, 1.82) is 0 Å². The summed E-state index contributed by atoms with van der Waals surface area (Å²) in [6, 6.07) is 5.09. The van der Waals surface area contributed by atoms with Crippen LogP contribution in [0.3, 0.4) is 0 Å². The Bertz CT molecular complexity index is 410. The topological polar surface area (TPSA) is 38.3 Å². The molecule has 100 valence electrons. The second kappa shape index (κ2) is 6.49. The normalized spacial score (nSPS) is 11.1. The van der Waals surface area contributed by atoms with Gasteiger partial charge in [-0.3, -0.25) is 4.79 Å². The summed E-state index contributed by atoms with van der Waals surface area (Å²) < 4.78 is 39.7. The van der Waals surface area contributed by atoms with E-state index in [1.807, 2.05) is 0 Å². The van der Waals surface area contributed by atoms with Gasteiger partial charge in [-0.2, -0.15) is 0 Å². The number of carbonyl (C=O) groups is 1. The van der Waals surface area contributed by atoms with Crippen molar-refractivity contribution in [2.45, 2.75) is 19.2 Å². The van der Waals surface area contributed by atoms with E-state index in [0.717, 1.165) is 12.1 Å². The first-order valence-corrected chi connectivity index (χ1v) is 5.66. The number of ether oxygens (including phenoxy) is 1. The van der Waals surface area contributed by atoms with Crippen LogP contribution in [0.25, 0.3) is 0 Å². The Morgan fingerprint density at radius 3 is 2.72 bits per heavy atom. The van der Waals surface area contributed by atoms with Gasteiger partial charge in [-0.25, -0.2) is 0 Å². The van der Waals surface area contributed by atoms with Crippen LogP contribution in [0.5, 0.6) is 5.75 Å². The number of amides is 1. The van der Waals surface area contributed by atoms with Crippen molar-refractivity contribution in [3.8, 4) is 5.75 Å². The van der Waals surface area contributed by atoms with E-state index in [2.05, 4.69) is 10.1 Å². The van der Waals surface area contributed by atoms with E-state index in [4.69, 9.17) is 11.6 Å². The maximum atomic E-state index is 12.0. The number of carbonyl (C=O) groups excluding carboxylic acids is 1. The van der Waals surface area contributed by atoms with Gasteiger partial charge in [0.05, 0.1) is 0 Å². The molecule has 0 fully saturated rings. The fraction of sp³-hybridized carbons (Fsp3) is 0.364. The molecule has 0 radical (unpaired) electrons. The molecule has 7 heteroatoms. The average molecular weight is 282 g/mol. The number of alkyl halides is 4. The van der Waals surface area contributed by atoms with Gasteiger partial charge < -0.3 is 10.1 Å². The van der Waals surface area contributed by atoms with Gasteiger partial charge in [-0.15, -0.1) is 24.8 Å². The summed E-state index contributed by atoms with van der Waals surface area (Å²) in [5.41, 5.74) is 0.247. The number of hydrogen-bond donors (Lipinski definition) is 1. The number of nitrogens with one attached hydrogen (secondary N) is 1. The minimum absolute atomic E-state index is 0.216. The zero-order valence-corrected chi connectivity index (χ0v) is 10.0. The Kier molecular flexibility index (Phi) is 5.27. The monoisotopic (exact) mass is 281 g/mol.